The van der Waals surface area contributed by atoms with E-state index >= 15 is 0 Å². The average Bonchev–Trinajstić information content (AvgIpc) is 2.04. The number of hydrogen-bond acceptors (Lipinski definition) is 2. The number of nitrogens with two attached hydrogens (primary N) is 1. The van der Waals surface area contributed by atoms with E-state index < -0.39 is 0 Å². The first-order valence-corrected chi connectivity index (χ1v) is 4.18. The van der Waals surface area contributed by atoms with Crippen molar-refractivity contribution < 1.29 is 0 Å². The molecular weight excluding hydrogens is 322 g/mol. The van der Waals surface area contributed by atoms with E-state index in [4.69, 9.17) is 5.73 Å². The Balaban J connectivity index is 0. The van der Waals surface area contributed by atoms with Gasteiger partial charge in [0.05, 0.1) is 11.5 Å². The Morgan fingerprint density at radius 3 is 1.93 bits per heavy atom. The first kappa shape index (κ1) is 16.9. The molecule has 5 heteroatoms. The van der Waals surface area contributed by atoms with Crippen molar-refractivity contribution in [3.05, 3.63) is 24.3 Å². The van der Waals surface area contributed by atoms with Gasteiger partial charge in [0.15, 0.2) is 0 Å². The second kappa shape index (κ2) is 7.70. The Morgan fingerprint density at radius 1 is 1.13 bits per heavy atom. The van der Waals surface area contributed by atoms with Gasteiger partial charge in [-0.2, -0.15) is 0 Å². The van der Waals surface area contributed by atoms with Crippen LogP contribution in [0.25, 0.3) is 0 Å². The lowest BCUT2D eigenvalue weighted by atomic mass is 10.3. The van der Waals surface area contributed by atoms with Crippen molar-refractivity contribution >= 4 is 51.2 Å². The van der Waals surface area contributed by atoms with E-state index in [1.165, 1.54) is 0 Å². The van der Waals surface area contributed by atoms with Crippen LogP contribution < -0.4 is 10.6 Å². The summed E-state index contributed by atoms with van der Waals surface area (Å²) in [6.45, 7) is 1.78. The molecule has 0 fully saturated rings. The van der Waals surface area contributed by atoms with Gasteiger partial charge in [0.1, 0.15) is 0 Å². The normalized spacial score (nSPS) is 9.93. The van der Waals surface area contributed by atoms with Crippen molar-refractivity contribution in [2.75, 3.05) is 19.0 Å². The molecule has 0 heterocycles. The van der Waals surface area contributed by atoms with Crippen LogP contribution in [0.1, 0.15) is 6.92 Å². The van der Waals surface area contributed by atoms with Gasteiger partial charge < -0.3 is 10.6 Å². The highest BCUT2D eigenvalue weighted by Gasteiger charge is 1.94. The van der Waals surface area contributed by atoms with Gasteiger partial charge in [-0.1, -0.05) is 0 Å². The predicted octanol–water partition coefficient (Wildman–Crippen LogP) is 2.92. The zero-order valence-corrected chi connectivity index (χ0v) is 12.5. The number of rotatable bonds is 2. The lowest BCUT2D eigenvalue weighted by Crippen LogP contribution is -2.08. The molecule has 1 aromatic rings. The van der Waals surface area contributed by atoms with Crippen molar-refractivity contribution in [3.8, 4) is 0 Å². The molecule has 0 saturated heterocycles. The van der Waals surface area contributed by atoms with E-state index in [9.17, 15) is 0 Å². The van der Waals surface area contributed by atoms with Crippen LogP contribution in [0.5, 0.6) is 0 Å². The van der Waals surface area contributed by atoms with Crippen LogP contribution in [0.3, 0.4) is 0 Å². The van der Waals surface area contributed by atoms with Crippen LogP contribution in [0.15, 0.2) is 29.3 Å². The molecule has 0 amide bonds. The van der Waals surface area contributed by atoms with Gasteiger partial charge in [0, 0.05) is 19.8 Å². The molecule has 0 aliphatic rings. The van der Waals surface area contributed by atoms with Crippen LogP contribution in [0, 0.1) is 0 Å². The summed E-state index contributed by atoms with van der Waals surface area (Å²) >= 11 is 0. The minimum atomic E-state index is 0. The van der Waals surface area contributed by atoms with Gasteiger partial charge >= 0.3 is 0 Å². The third kappa shape index (κ3) is 5.79. The second-order valence-corrected chi connectivity index (χ2v) is 3.16. The summed E-state index contributed by atoms with van der Waals surface area (Å²) in [4.78, 5) is 6.18. The Hall–Kier alpha value is -0.550. The number of hydrogen-bond donors (Lipinski definition) is 1. The monoisotopic (exact) mass is 337 g/mol. The van der Waals surface area contributed by atoms with E-state index in [0.29, 0.717) is 5.84 Å². The SMILES string of the molecule is Br.Br.CC(N)=Nc1ccc(N(C)C)cc1. The highest BCUT2D eigenvalue weighted by molar-refractivity contribution is 8.93. The van der Waals surface area contributed by atoms with Gasteiger partial charge in [-0.3, -0.25) is 0 Å². The maximum atomic E-state index is 5.46. The molecule has 1 aromatic carbocycles. The lowest BCUT2D eigenvalue weighted by Gasteiger charge is -2.11. The Labute approximate surface area is 112 Å². The number of amidine groups is 1. The number of anilines is 1. The molecule has 0 radical (unpaired) electrons. The standard InChI is InChI=1S/C10H15N3.2BrH/c1-8(11)12-9-4-6-10(7-5-9)13(2)3;;/h4-7H,1-3H3,(H2,11,12);2*1H. The molecule has 86 valence electrons. The highest BCUT2D eigenvalue weighted by atomic mass is 79.9. The van der Waals surface area contributed by atoms with Crippen molar-refractivity contribution in [3.63, 3.8) is 0 Å². The molecule has 0 saturated carbocycles. The van der Waals surface area contributed by atoms with Crippen LogP contribution in [0.4, 0.5) is 11.4 Å². The summed E-state index contributed by atoms with van der Waals surface area (Å²) in [5, 5.41) is 0. The predicted molar refractivity (Wildman–Crippen MR) is 78.4 cm³/mol. The molecule has 0 aliphatic heterocycles. The molecule has 3 nitrogen and oxygen atoms in total. The zero-order chi connectivity index (χ0) is 9.84. The second-order valence-electron chi connectivity index (χ2n) is 3.16. The number of halogens is 2. The molecule has 0 bridgehead atoms. The van der Waals surface area contributed by atoms with Crippen LogP contribution in [0.2, 0.25) is 0 Å². The van der Waals surface area contributed by atoms with E-state index in [2.05, 4.69) is 4.99 Å². The Bertz CT molecular complexity index is 303. The molecule has 0 atom stereocenters. The van der Waals surface area contributed by atoms with Gasteiger partial charge in [-0.15, -0.1) is 34.0 Å². The molecule has 1 rings (SSSR count). The third-order valence-corrected chi connectivity index (χ3v) is 1.67. The Morgan fingerprint density at radius 2 is 1.60 bits per heavy atom. The summed E-state index contributed by atoms with van der Waals surface area (Å²) in [6, 6.07) is 7.93. The summed E-state index contributed by atoms with van der Waals surface area (Å²) in [5.74, 6) is 0.581. The quantitative estimate of drug-likeness (QED) is 0.665. The van der Waals surface area contributed by atoms with E-state index in [0.717, 1.165) is 11.4 Å². The van der Waals surface area contributed by atoms with Crippen molar-refractivity contribution in [2.24, 2.45) is 10.7 Å². The van der Waals surface area contributed by atoms with Crippen molar-refractivity contribution in [1.82, 2.24) is 0 Å². The van der Waals surface area contributed by atoms with Crippen LogP contribution >= 0.6 is 34.0 Å². The first-order valence-electron chi connectivity index (χ1n) is 4.18. The average molecular weight is 339 g/mol. The van der Waals surface area contributed by atoms with Crippen molar-refractivity contribution in [2.45, 2.75) is 6.92 Å². The topological polar surface area (TPSA) is 41.6 Å². The molecule has 0 aromatic heterocycles. The number of aliphatic imine (C=N–C) groups is 1. The molecule has 0 aliphatic carbocycles. The molecule has 15 heavy (non-hydrogen) atoms. The van der Waals surface area contributed by atoms with Gasteiger partial charge in [0.2, 0.25) is 0 Å². The van der Waals surface area contributed by atoms with Gasteiger partial charge in [-0.05, 0) is 31.2 Å². The van der Waals surface area contributed by atoms with E-state index in [1.54, 1.807) is 6.92 Å². The van der Waals surface area contributed by atoms with Gasteiger partial charge in [0.25, 0.3) is 0 Å². The van der Waals surface area contributed by atoms with Crippen LogP contribution in [-0.2, 0) is 0 Å². The fourth-order valence-electron chi connectivity index (χ4n) is 1.03. The summed E-state index contributed by atoms with van der Waals surface area (Å²) in [5.41, 5.74) is 7.52. The third-order valence-electron chi connectivity index (χ3n) is 1.67. The first-order chi connectivity index (χ1) is 6.09. The number of nitrogens with zero attached hydrogens (tertiary/aromatic N) is 2. The van der Waals surface area contributed by atoms with E-state index in [-0.39, 0.29) is 34.0 Å². The Kier molecular flexibility index (Phi) is 8.66. The molecular formula is C10H17Br2N3. The summed E-state index contributed by atoms with van der Waals surface area (Å²) in [7, 11) is 4.01. The molecule has 2 N–H and O–H groups in total. The van der Waals surface area contributed by atoms with Crippen LogP contribution in [-0.4, -0.2) is 19.9 Å². The largest absolute Gasteiger partial charge is 0.387 e. The minimum Gasteiger partial charge on any atom is -0.387 e. The minimum absolute atomic E-state index is 0. The van der Waals surface area contributed by atoms with E-state index in [1.807, 2.05) is 43.3 Å². The smallest absolute Gasteiger partial charge is 0.0964 e. The maximum Gasteiger partial charge on any atom is 0.0964 e. The fourth-order valence-corrected chi connectivity index (χ4v) is 1.03. The van der Waals surface area contributed by atoms with Gasteiger partial charge in [-0.25, -0.2) is 4.99 Å². The summed E-state index contributed by atoms with van der Waals surface area (Å²) < 4.78 is 0. The summed E-state index contributed by atoms with van der Waals surface area (Å²) in [6.07, 6.45) is 0. The lowest BCUT2D eigenvalue weighted by molar-refractivity contribution is 1.13. The fraction of sp³-hybridized carbons (Fsp3) is 0.300. The molecule has 0 spiro atoms. The van der Waals surface area contributed by atoms with Crippen molar-refractivity contribution in [1.29, 1.82) is 0 Å². The maximum absolute atomic E-state index is 5.46. The number of benzene rings is 1. The highest BCUT2D eigenvalue weighted by Crippen LogP contribution is 2.17. The zero-order valence-electron chi connectivity index (χ0n) is 9.10. The molecule has 0 unspecified atom stereocenters.